The number of ketones is 1. The number of imide groups is 1. The first-order valence-corrected chi connectivity index (χ1v) is 11.4. The van der Waals surface area contributed by atoms with Gasteiger partial charge < -0.3 is 14.2 Å². The van der Waals surface area contributed by atoms with Crippen molar-refractivity contribution in [3.8, 4) is 17.2 Å². The fourth-order valence-corrected chi connectivity index (χ4v) is 6.26. The van der Waals surface area contributed by atoms with Crippen LogP contribution in [0.4, 0.5) is 10.1 Å². The number of carbonyl (C=O) groups is 3. The van der Waals surface area contributed by atoms with Crippen molar-refractivity contribution in [3.05, 3.63) is 59.9 Å². The summed E-state index contributed by atoms with van der Waals surface area (Å²) in [7, 11) is 0. The minimum atomic E-state index is -0.737. The van der Waals surface area contributed by atoms with Crippen LogP contribution < -0.4 is 19.1 Å². The molecule has 6 atom stereocenters. The van der Waals surface area contributed by atoms with Gasteiger partial charge in [0.25, 0.3) is 0 Å². The molecule has 3 fully saturated rings. The normalized spacial score (nSPS) is 31.5. The van der Waals surface area contributed by atoms with E-state index in [0.29, 0.717) is 28.9 Å². The average Bonchev–Trinajstić information content (AvgIpc) is 3.47. The summed E-state index contributed by atoms with van der Waals surface area (Å²) in [6.07, 6.45) is 5.24. The highest BCUT2D eigenvalue weighted by Crippen LogP contribution is 2.65. The summed E-state index contributed by atoms with van der Waals surface area (Å²) in [5, 5.41) is 0. The largest absolute Gasteiger partial charge is 0.485 e. The predicted molar refractivity (Wildman–Crippen MR) is 116 cm³/mol. The monoisotopic (exact) mass is 461 g/mol. The molecule has 8 rings (SSSR count). The summed E-state index contributed by atoms with van der Waals surface area (Å²) in [5.41, 5.74) is 0.324. The predicted octanol–water partition coefficient (Wildman–Crippen LogP) is 3.37. The Kier molecular flexibility index (Phi) is 4.02. The molecule has 2 bridgehead atoms. The van der Waals surface area contributed by atoms with Gasteiger partial charge in [0.1, 0.15) is 5.75 Å². The van der Waals surface area contributed by atoms with Gasteiger partial charge in [0.15, 0.2) is 29.7 Å². The third-order valence-corrected chi connectivity index (χ3v) is 7.89. The molecule has 2 aromatic rings. The van der Waals surface area contributed by atoms with E-state index in [0.717, 1.165) is 17.4 Å². The van der Waals surface area contributed by atoms with Crippen LogP contribution in [-0.4, -0.2) is 31.0 Å². The molecule has 2 saturated carbocycles. The summed E-state index contributed by atoms with van der Waals surface area (Å²) >= 11 is 0. The summed E-state index contributed by atoms with van der Waals surface area (Å²) < 4.78 is 31.1. The molecular formula is C26H20FNO6. The van der Waals surface area contributed by atoms with Crippen LogP contribution in [0.5, 0.6) is 17.2 Å². The maximum Gasteiger partial charge on any atom is 0.238 e. The third kappa shape index (κ3) is 2.71. The van der Waals surface area contributed by atoms with Gasteiger partial charge in [0.2, 0.25) is 18.6 Å². The van der Waals surface area contributed by atoms with E-state index in [1.54, 1.807) is 18.2 Å². The zero-order valence-corrected chi connectivity index (χ0v) is 18.0. The number of carbonyl (C=O) groups excluding carboxylic acids is 3. The second kappa shape index (κ2) is 6.91. The van der Waals surface area contributed by atoms with Crippen LogP contribution in [0.25, 0.3) is 0 Å². The Morgan fingerprint density at radius 2 is 1.68 bits per heavy atom. The Morgan fingerprint density at radius 1 is 0.971 bits per heavy atom. The summed E-state index contributed by atoms with van der Waals surface area (Å²) in [4.78, 5) is 39.9. The molecule has 8 heteroatoms. The lowest BCUT2D eigenvalue weighted by Gasteiger charge is -2.37. The summed E-state index contributed by atoms with van der Waals surface area (Å²) in [5.74, 6) is -0.135. The maximum absolute atomic E-state index is 15.1. The molecule has 2 aliphatic heterocycles. The first-order chi connectivity index (χ1) is 16.5. The molecule has 2 amide bonds. The minimum Gasteiger partial charge on any atom is -0.485 e. The summed E-state index contributed by atoms with van der Waals surface area (Å²) in [6, 6.07) is 8.79. The molecule has 2 heterocycles. The van der Waals surface area contributed by atoms with Crippen molar-refractivity contribution in [2.24, 2.45) is 35.5 Å². The molecule has 34 heavy (non-hydrogen) atoms. The fraction of sp³-hybridized carbons (Fsp3) is 0.346. The Morgan fingerprint density at radius 3 is 2.38 bits per heavy atom. The first kappa shape index (κ1) is 19.8. The van der Waals surface area contributed by atoms with Gasteiger partial charge >= 0.3 is 0 Å². The number of anilines is 1. The molecule has 0 N–H and O–H groups in total. The first-order valence-electron chi connectivity index (χ1n) is 11.4. The van der Waals surface area contributed by atoms with E-state index in [1.807, 2.05) is 0 Å². The molecule has 6 aliphatic rings. The van der Waals surface area contributed by atoms with Crippen LogP contribution >= 0.6 is 0 Å². The molecular weight excluding hydrogens is 441 g/mol. The van der Waals surface area contributed by atoms with Gasteiger partial charge in [-0.05, 0) is 60.4 Å². The van der Waals surface area contributed by atoms with Gasteiger partial charge in [-0.25, -0.2) is 9.29 Å². The SMILES string of the molecule is O=C(COc1ccc(N2C(=O)[C@@H]3[C@H](C2=O)[C@@H]2C=C[C@H]3C3CC32)c(F)c1)c1ccc2c(c1)OCO2. The average molecular weight is 461 g/mol. The van der Waals surface area contributed by atoms with Crippen LogP contribution in [0.2, 0.25) is 0 Å². The van der Waals surface area contributed by atoms with Crippen LogP contribution in [0.15, 0.2) is 48.6 Å². The number of allylic oxidation sites excluding steroid dienone is 2. The standard InChI is InChI=1S/C26H20FNO6/c27-18-8-13(32-10-20(29)12-1-6-21-22(7-12)34-11-33-21)2-5-19(18)28-25(30)23-14-3-4-15(17-9-16(14)17)24(23)26(28)31/h1-8,14-17,23-24H,9-11H2/t14-,15+,16?,17?,23-,24+. The second-order valence-corrected chi connectivity index (χ2v) is 9.56. The van der Waals surface area contributed by atoms with Gasteiger partial charge in [-0.15, -0.1) is 0 Å². The molecule has 2 aromatic carbocycles. The maximum atomic E-state index is 15.1. The van der Waals surface area contributed by atoms with Crippen molar-refractivity contribution in [2.45, 2.75) is 6.42 Å². The smallest absolute Gasteiger partial charge is 0.238 e. The van der Waals surface area contributed by atoms with Crippen molar-refractivity contribution in [2.75, 3.05) is 18.3 Å². The van der Waals surface area contributed by atoms with E-state index >= 15 is 4.39 Å². The van der Waals surface area contributed by atoms with E-state index in [4.69, 9.17) is 14.2 Å². The number of amides is 2. The number of Topliss-reactive ketones (excluding diaryl/α,β-unsaturated/α-hetero) is 1. The lowest BCUT2D eigenvalue weighted by molar-refractivity contribution is -0.124. The van der Waals surface area contributed by atoms with E-state index < -0.39 is 5.82 Å². The van der Waals surface area contributed by atoms with Crippen molar-refractivity contribution in [1.29, 1.82) is 0 Å². The topological polar surface area (TPSA) is 82.1 Å². The van der Waals surface area contributed by atoms with Gasteiger partial charge in [-0.2, -0.15) is 0 Å². The molecule has 0 spiro atoms. The Bertz CT molecular complexity index is 1270. The van der Waals surface area contributed by atoms with Crippen molar-refractivity contribution in [3.63, 3.8) is 0 Å². The number of benzene rings is 2. The van der Waals surface area contributed by atoms with Crippen molar-refractivity contribution >= 4 is 23.3 Å². The van der Waals surface area contributed by atoms with Gasteiger partial charge in [0.05, 0.1) is 17.5 Å². The minimum absolute atomic E-state index is 0.0630. The number of hydrogen-bond acceptors (Lipinski definition) is 6. The van der Waals surface area contributed by atoms with Gasteiger partial charge in [-0.1, -0.05) is 12.2 Å². The number of halogens is 1. The fourth-order valence-electron chi connectivity index (χ4n) is 6.26. The molecule has 7 nitrogen and oxygen atoms in total. The molecule has 0 radical (unpaired) electrons. The number of hydrogen-bond donors (Lipinski definition) is 0. The van der Waals surface area contributed by atoms with E-state index in [1.165, 1.54) is 12.1 Å². The number of ether oxygens (including phenoxy) is 3. The molecule has 0 aromatic heterocycles. The molecule has 1 saturated heterocycles. The van der Waals surface area contributed by atoms with Crippen molar-refractivity contribution < 1.29 is 33.0 Å². The van der Waals surface area contributed by atoms with E-state index in [-0.39, 0.29) is 66.1 Å². The van der Waals surface area contributed by atoms with Crippen molar-refractivity contribution in [1.82, 2.24) is 0 Å². The highest BCUT2D eigenvalue weighted by atomic mass is 19.1. The second-order valence-electron chi connectivity index (χ2n) is 9.56. The molecule has 4 aliphatic carbocycles. The van der Waals surface area contributed by atoms with Crippen LogP contribution in [0.1, 0.15) is 16.8 Å². The zero-order valence-electron chi connectivity index (χ0n) is 18.0. The van der Waals surface area contributed by atoms with E-state index in [2.05, 4.69) is 12.2 Å². The number of fused-ring (bicyclic) bond motifs is 1. The Labute approximate surface area is 194 Å². The summed E-state index contributed by atoms with van der Waals surface area (Å²) in [6.45, 7) is -0.195. The van der Waals surface area contributed by atoms with Gasteiger partial charge in [-0.3, -0.25) is 14.4 Å². The van der Waals surface area contributed by atoms with E-state index in [9.17, 15) is 14.4 Å². The molecule has 172 valence electrons. The Hall–Kier alpha value is -3.68. The lowest BCUT2D eigenvalue weighted by Crippen LogP contribution is -2.40. The van der Waals surface area contributed by atoms with Crippen LogP contribution in [-0.2, 0) is 9.59 Å². The third-order valence-electron chi connectivity index (χ3n) is 7.89. The van der Waals surface area contributed by atoms with Crippen LogP contribution in [0.3, 0.4) is 0 Å². The Balaban J connectivity index is 1.08. The van der Waals surface area contributed by atoms with Crippen LogP contribution in [0, 0.1) is 41.3 Å². The zero-order chi connectivity index (χ0) is 23.1. The molecule has 2 unspecified atom stereocenters. The lowest BCUT2D eigenvalue weighted by atomic mass is 9.63. The van der Waals surface area contributed by atoms with Gasteiger partial charge in [0, 0.05) is 11.6 Å². The number of rotatable bonds is 5. The highest BCUT2D eigenvalue weighted by Gasteiger charge is 2.67. The number of nitrogens with zero attached hydrogens (tertiary/aromatic N) is 1. The quantitative estimate of drug-likeness (QED) is 0.386. The highest BCUT2D eigenvalue weighted by molar-refractivity contribution is 6.22.